The van der Waals surface area contributed by atoms with Crippen LogP contribution in [0, 0.1) is 23.7 Å². The Morgan fingerprint density at radius 2 is 1.44 bits per heavy atom. The first-order valence-corrected chi connectivity index (χ1v) is 14.1. The molecule has 1 heterocycles. The lowest BCUT2D eigenvalue weighted by Crippen LogP contribution is -2.29. The van der Waals surface area contributed by atoms with Crippen molar-refractivity contribution in [1.29, 1.82) is 0 Å². The lowest BCUT2D eigenvalue weighted by molar-refractivity contribution is -0.151. The molecule has 1 N–H and O–H groups in total. The molecule has 8 heteroatoms. The topological polar surface area (TPSA) is 108 Å². The van der Waals surface area contributed by atoms with Crippen LogP contribution in [0.3, 0.4) is 0 Å². The summed E-state index contributed by atoms with van der Waals surface area (Å²) in [6.07, 6.45) is 6.07. The first-order valence-electron chi connectivity index (χ1n) is 14.1. The monoisotopic (exact) mass is 532 g/mol. The number of esters is 3. The third-order valence-corrected chi connectivity index (χ3v) is 8.05. The second-order valence-corrected chi connectivity index (χ2v) is 10.9. The van der Waals surface area contributed by atoms with Crippen LogP contribution in [-0.4, -0.2) is 34.5 Å². The molecule has 206 valence electrons. The lowest BCUT2D eigenvalue weighted by Gasteiger charge is -2.26. The summed E-state index contributed by atoms with van der Waals surface area (Å²) in [6.45, 7) is 4.37. The highest BCUT2D eigenvalue weighted by Gasteiger charge is 2.32. The molecule has 2 aliphatic rings. The second kappa shape index (κ2) is 12.0. The Balaban J connectivity index is 1.34. The molecule has 0 radical (unpaired) electrons. The van der Waals surface area contributed by atoms with Crippen LogP contribution in [0.15, 0.2) is 42.5 Å². The van der Waals surface area contributed by atoms with Crippen LogP contribution in [-0.2, 0) is 19.1 Å². The van der Waals surface area contributed by atoms with Crippen molar-refractivity contribution in [1.82, 2.24) is 9.97 Å². The molecule has 1 aromatic heterocycles. The van der Waals surface area contributed by atoms with E-state index in [4.69, 9.17) is 14.2 Å². The molecule has 2 aliphatic carbocycles. The van der Waals surface area contributed by atoms with E-state index < -0.39 is 0 Å². The Labute approximate surface area is 228 Å². The summed E-state index contributed by atoms with van der Waals surface area (Å²) in [5, 5.41) is 0. The molecule has 0 atom stereocenters. The normalized spacial score (nSPS) is 23.2. The maximum atomic E-state index is 13.2. The minimum absolute atomic E-state index is 0.0990. The van der Waals surface area contributed by atoms with Gasteiger partial charge in [0.15, 0.2) is 0 Å². The van der Waals surface area contributed by atoms with Gasteiger partial charge in [0.05, 0.1) is 41.0 Å². The minimum atomic E-state index is -0.337. The fourth-order valence-corrected chi connectivity index (χ4v) is 5.64. The molecule has 0 spiro atoms. The summed E-state index contributed by atoms with van der Waals surface area (Å²) in [7, 11) is 0. The van der Waals surface area contributed by atoms with Gasteiger partial charge in [-0.25, -0.2) is 4.98 Å². The zero-order valence-electron chi connectivity index (χ0n) is 22.6. The number of fused-ring (bicyclic) bond motifs is 1. The molecule has 0 bridgehead atoms. The van der Waals surface area contributed by atoms with Crippen LogP contribution in [0.5, 0.6) is 11.5 Å². The molecule has 0 unspecified atom stereocenters. The van der Waals surface area contributed by atoms with Gasteiger partial charge in [-0.3, -0.25) is 14.4 Å². The van der Waals surface area contributed by atoms with Crippen LogP contribution in [0.25, 0.3) is 22.4 Å². The molecule has 0 amide bonds. The van der Waals surface area contributed by atoms with Gasteiger partial charge in [-0.1, -0.05) is 19.1 Å². The van der Waals surface area contributed by atoms with Crippen molar-refractivity contribution in [2.75, 3.05) is 6.61 Å². The van der Waals surface area contributed by atoms with Gasteiger partial charge in [0.25, 0.3) is 0 Å². The summed E-state index contributed by atoms with van der Waals surface area (Å²) in [6, 6.07) is 12.7. The number of benzene rings is 2. The molecule has 2 aromatic carbocycles. The number of nitrogens with zero attached hydrogens (tertiary/aromatic N) is 1. The summed E-state index contributed by atoms with van der Waals surface area (Å²) in [4.78, 5) is 46.1. The molecular weight excluding hydrogens is 496 g/mol. The van der Waals surface area contributed by atoms with Crippen LogP contribution in [0.1, 0.15) is 65.2 Å². The Morgan fingerprint density at radius 1 is 0.821 bits per heavy atom. The lowest BCUT2D eigenvalue weighted by atomic mass is 9.82. The van der Waals surface area contributed by atoms with E-state index in [1.54, 1.807) is 25.1 Å². The van der Waals surface area contributed by atoms with E-state index in [-0.39, 0.29) is 35.7 Å². The van der Waals surface area contributed by atoms with E-state index in [9.17, 15) is 14.4 Å². The first-order chi connectivity index (χ1) is 18.9. The molecule has 5 rings (SSSR count). The van der Waals surface area contributed by atoms with E-state index >= 15 is 0 Å². The van der Waals surface area contributed by atoms with Crippen molar-refractivity contribution in [3.8, 4) is 22.9 Å². The Morgan fingerprint density at radius 3 is 2.10 bits per heavy atom. The van der Waals surface area contributed by atoms with Crippen LogP contribution < -0.4 is 9.47 Å². The summed E-state index contributed by atoms with van der Waals surface area (Å²) >= 11 is 0. The number of aromatic nitrogens is 2. The number of carbonyl (C=O) groups excluding carboxylic acids is 3. The summed E-state index contributed by atoms with van der Waals surface area (Å²) in [5.74, 6) is 0.588. The fourth-order valence-electron chi connectivity index (χ4n) is 5.64. The Kier molecular flexibility index (Phi) is 8.29. The van der Waals surface area contributed by atoms with Gasteiger partial charge in [0, 0.05) is 0 Å². The number of hydrogen-bond acceptors (Lipinski definition) is 7. The number of rotatable bonds is 7. The molecule has 0 aliphatic heterocycles. The maximum Gasteiger partial charge on any atom is 0.314 e. The van der Waals surface area contributed by atoms with Crippen molar-refractivity contribution in [3.63, 3.8) is 0 Å². The van der Waals surface area contributed by atoms with Gasteiger partial charge in [0.2, 0.25) is 0 Å². The third kappa shape index (κ3) is 6.32. The van der Waals surface area contributed by atoms with Gasteiger partial charge in [-0.05, 0) is 94.5 Å². The predicted molar refractivity (Wildman–Crippen MR) is 146 cm³/mol. The highest BCUT2D eigenvalue weighted by Crippen LogP contribution is 2.37. The number of ether oxygens (including phenoxy) is 3. The number of H-pyrrole nitrogens is 1. The molecule has 2 saturated carbocycles. The van der Waals surface area contributed by atoms with Crippen LogP contribution >= 0.6 is 0 Å². The summed E-state index contributed by atoms with van der Waals surface area (Å²) in [5.41, 5.74) is 2.17. The van der Waals surface area contributed by atoms with Gasteiger partial charge in [-0.15, -0.1) is 0 Å². The average molecular weight is 533 g/mol. The predicted octanol–water partition coefficient (Wildman–Crippen LogP) is 6.24. The first kappa shape index (κ1) is 26.9. The fraction of sp³-hybridized carbons (Fsp3) is 0.484. The van der Waals surface area contributed by atoms with Crippen molar-refractivity contribution < 1.29 is 28.6 Å². The quantitative estimate of drug-likeness (QED) is 0.284. The van der Waals surface area contributed by atoms with Gasteiger partial charge in [-0.2, -0.15) is 0 Å². The van der Waals surface area contributed by atoms with Gasteiger partial charge >= 0.3 is 17.9 Å². The summed E-state index contributed by atoms with van der Waals surface area (Å²) < 4.78 is 16.8. The number of imidazole rings is 1. The highest BCUT2D eigenvalue weighted by atomic mass is 16.5. The zero-order valence-corrected chi connectivity index (χ0v) is 22.6. The largest absolute Gasteiger partial charge is 0.466 e. The smallest absolute Gasteiger partial charge is 0.314 e. The number of para-hydroxylation sites is 2. The Bertz CT molecular complexity index is 1300. The minimum Gasteiger partial charge on any atom is -0.466 e. The zero-order chi connectivity index (χ0) is 27.4. The van der Waals surface area contributed by atoms with E-state index in [1.807, 2.05) is 24.3 Å². The second-order valence-electron chi connectivity index (χ2n) is 10.9. The van der Waals surface area contributed by atoms with Crippen LogP contribution in [0.4, 0.5) is 0 Å². The molecule has 0 saturated heterocycles. The van der Waals surface area contributed by atoms with Crippen LogP contribution in [0.2, 0.25) is 0 Å². The third-order valence-electron chi connectivity index (χ3n) is 8.05. The molecule has 2 fully saturated rings. The maximum absolute atomic E-state index is 13.2. The number of aromatic amines is 1. The average Bonchev–Trinajstić information content (AvgIpc) is 3.38. The molecular formula is C31H36N2O6. The highest BCUT2D eigenvalue weighted by molar-refractivity contribution is 5.84. The molecule has 8 nitrogen and oxygen atoms in total. The molecule has 39 heavy (non-hydrogen) atoms. The van der Waals surface area contributed by atoms with Crippen molar-refractivity contribution >= 4 is 28.9 Å². The van der Waals surface area contributed by atoms with Gasteiger partial charge < -0.3 is 19.2 Å². The molecule has 3 aromatic rings. The van der Waals surface area contributed by atoms with Crippen molar-refractivity contribution in [2.24, 2.45) is 23.7 Å². The van der Waals surface area contributed by atoms with Crippen molar-refractivity contribution in [3.05, 3.63) is 42.5 Å². The van der Waals surface area contributed by atoms with E-state index in [0.29, 0.717) is 61.1 Å². The van der Waals surface area contributed by atoms with Gasteiger partial charge in [0.1, 0.15) is 17.3 Å². The van der Waals surface area contributed by atoms with E-state index in [0.717, 1.165) is 36.7 Å². The standard InChI is InChI=1S/C31H36N2O6/c1-3-37-29(34)20-12-14-22(15-13-20)31(36)39-27-17-16-23(38-30(35)21-10-8-19(2)9-11-21)18-24(27)28-32-25-6-4-5-7-26(25)33-28/h4-7,16-22H,3,8-15H2,1-2H3,(H,32,33)/t19-,20?,21-,22?. The van der Waals surface area contributed by atoms with Crippen molar-refractivity contribution in [2.45, 2.75) is 65.2 Å². The Hall–Kier alpha value is -3.68. The number of nitrogens with one attached hydrogen (secondary N) is 1. The SMILES string of the molecule is CCOC(=O)C1CCC(C(=O)Oc2ccc(OC(=O)[C@H]3CC[C@H](C)CC3)cc2-c2nc3ccccc3[nH]2)CC1. The van der Waals surface area contributed by atoms with E-state index in [2.05, 4.69) is 16.9 Å². The number of hydrogen-bond donors (Lipinski definition) is 1. The number of carbonyl (C=O) groups is 3. The van der Waals surface area contributed by atoms with E-state index in [1.165, 1.54) is 0 Å².